The summed E-state index contributed by atoms with van der Waals surface area (Å²) in [5.74, 6) is 0.498. The van der Waals surface area contributed by atoms with Crippen molar-refractivity contribution in [2.24, 2.45) is 5.92 Å². The van der Waals surface area contributed by atoms with Crippen LogP contribution in [0.15, 0.2) is 11.5 Å². The third-order valence-corrected chi connectivity index (χ3v) is 2.69. The van der Waals surface area contributed by atoms with E-state index in [4.69, 9.17) is 5.26 Å². The number of nitriles is 1. The Labute approximate surface area is 73.6 Å². The van der Waals surface area contributed by atoms with Gasteiger partial charge in [-0.2, -0.15) is 5.26 Å². The fraction of sp³-hybridized carbons (Fsp3) is 0.625. The Bertz CT molecular complexity index is 283. The van der Waals surface area contributed by atoms with Gasteiger partial charge in [0.25, 0.3) is 0 Å². The molecule has 0 heterocycles. The summed E-state index contributed by atoms with van der Waals surface area (Å²) in [6, 6.07) is 1.65. The second-order valence-corrected chi connectivity index (χ2v) is 4.99. The highest BCUT2D eigenvalue weighted by atomic mass is 32.2. The molecule has 0 unspecified atom stereocenters. The lowest BCUT2D eigenvalue weighted by Crippen LogP contribution is -2.04. The molecule has 0 aromatic carbocycles. The molecule has 0 amide bonds. The van der Waals surface area contributed by atoms with Crippen molar-refractivity contribution in [2.45, 2.75) is 20.3 Å². The topological polar surface area (TPSA) is 57.9 Å². The van der Waals surface area contributed by atoms with Crippen LogP contribution in [-0.2, 0) is 9.84 Å². The first-order valence-corrected chi connectivity index (χ1v) is 5.48. The monoisotopic (exact) mass is 187 g/mol. The Morgan fingerprint density at radius 3 is 2.50 bits per heavy atom. The fourth-order valence-corrected chi connectivity index (χ4v) is 1.81. The number of rotatable bonds is 4. The molecule has 0 fully saturated rings. The Morgan fingerprint density at radius 1 is 1.50 bits per heavy atom. The number of nitrogens with zero attached hydrogens (tertiary/aromatic N) is 1. The average Bonchev–Trinajstić information content (AvgIpc) is 1.98. The number of hydrogen-bond donors (Lipinski definition) is 0. The largest absolute Gasteiger partial charge is 0.224 e. The van der Waals surface area contributed by atoms with Gasteiger partial charge < -0.3 is 0 Å². The van der Waals surface area contributed by atoms with Crippen molar-refractivity contribution in [1.82, 2.24) is 0 Å². The lowest BCUT2D eigenvalue weighted by atomic mass is 10.2. The van der Waals surface area contributed by atoms with Crippen LogP contribution < -0.4 is 0 Å². The van der Waals surface area contributed by atoms with Crippen LogP contribution in [0.5, 0.6) is 0 Å². The van der Waals surface area contributed by atoms with E-state index in [1.54, 1.807) is 6.07 Å². The molecular formula is C8H13NO2S. The molecule has 0 atom stereocenters. The third kappa shape index (κ3) is 5.93. The molecule has 0 spiro atoms. The zero-order valence-electron chi connectivity index (χ0n) is 7.32. The Morgan fingerprint density at radius 2 is 2.08 bits per heavy atom. The standard InChI is InChI=1S/C8H13NO2S/c1-8(2)4-7-12(10,11)6-3-5-9/h3,6,8H,4,7H2,1-2H3. The molecule has 0 N–H and O–H groups in total. The van der Waals surface area contributed by atoms with E-state index in [1.165, 1.54) is 0 Å². The quantitative estimate of drug-likeness (QED) is 0.626. The maximum absolute atomic E-state index is 11.1. The van der Waals surface area contributed by atoms with E-state index in [0.717, 1.165) is 11.5 Å². The first-order chi connectivity index (χ1) is 5.48. The van der Waals surface area contributed by atoms with Crippen molar-refractivity contribution in [3.8, 4) is 6.07 Å². The van der Waals surface area contributed by atoms with Crippen molar-refractivity contribution in [2.75, 3.05) is 5.75 Å². The van der Waals surface area contributed by atoms with Crippen molar-refractivity contribution < 1.29 is 8.42 Å². The summed E-state index contributed by atoms with van der Waals surface area (Å²) in [6.45, 7) is 3.92. The first-order valence-electron chi connectivity index (χ1n) is 3.77. The van der Waals surface area contributed by atoms with E-state index >= 15 is 0 Å². The highest BCUT2D eigenvalue weighted by Gasteiger charge is 2.06. The summed E-state index contributed by atoms with van der Waals surface area (Å²) in [6.07, 6.45) is 1.63. The molecule has 0 saturated carbocycles. The van der Waals surface area contributed by atoms with Gasteiger partial charge in [-0.15, -0.1) is 0 Å². The smallest absolute Gasteiger partial charge is 0.172 e. The molecule has 0 aliphatic heterocycles. The summed E-state index contributed by atoms with van der Waals surface area (Å²) in [5.41, 5.74) is 0. The second-order valence-electron chi connectivity index (χ2n) is 2.98. The molecule has 0 aliphatic carbocycles. The first kappa shape index (κ1) is 11.2. The molecule has 0 aliphatic rings. The average molecular weight is 187 g/mol. The molecule has 0 aromatic heterocycles. The van der Waals surface area contributed by atoms with Gasteiger partial charge in [0.05, 0.1) is 11.8 Å². The summed E-state index contributed by atoms with van der Waals surface area (Å²) < 4.78 is 22.1. The number of sulfone groups is 1. The predicted molar refractivity (Wildman–Crippen MR) is 48.0 cm³/mol. The van der Waals surface area contributed by atoms with Gasteiger partial charge in [-0.3, -0.25) is 0 Å². The molecule has 3 nitrogen and oxygen atoms in total. The van der Waals surface area contributed by atoms with Crippen molar-refractivity contribution in [3.63, 3.8) is 0 Å². The fourth-order valence-electron chi connectivity index (χ4n) is 0.602. The van der Waals surface area contributed by atoms with E-state index in [0.29, 0.717) is 12.3 Å². The van der Waals surface area contributed by atoms with Crippen LogP contribution in [0.2, 0.25) is 0 Å². The van der Waals surface area contributed by atoms with E-state index < -0.39 is 9.84 Å². The van der Waals surface area contributed by atoms with Gasteiger partial charge in [-0.1, -0.05) is 13.8 Å². The Kier molecular flexibility index (Phi) is 4.60. The summed E-state index contributed by atoms with van der Waals surface area (Å²) in [5, 5.41) is 9.07. The third-order valence-electron chi connectivity index (χ3n) is 1.33. The van der Waals surface area contributed by atoms with Crippen LogP contribution in [0, 0.1) is 17.2 Å². The zero-order valence-corrected chi connectivity index (χ0v) is 8.13. The zero-order chi connectivity index (χ0) is 9.61. The summed E-state index contributed by atoms with van der Waals surface area (Å²) in [7, 11) is -3.14. The molecule has 0 radical (unpaired) electrons. The van der Waals surface area contributed by atoms with E-state index in [9.17, 15) is 8.42 Å². The van der Waals surface area contributed by atoms with Gasteiger partial charge in [0.1, 0.15) is 0 Å². The lowest BCUT2D eigenvalue weighted by molar-refractivity contribution is 0.580. The van der Waals surface area contributed by atoms with E-state index in [-0.39, 0.29) is 5.75 Å². The molecule has 12 heavy (non-hydrogen) atoms. The van der Waals surface area contributed by atoms with Crippen LogP contribution >= 0.6 is 0 Å². The van der Waals surface area contributed by atoms with Crippen LogP contribution in [0.25, 0.3) is 0 Å². The predicted octanol–water partition coefficient (Wildman–Crippen LogP) is 1.48. The van der Waals surface area contributed by atoms with Crippen LogP contribution in [0.3, 0.4) is 0 Å². The van der Waals surface area contributed by atoms with Crippen molar-refractivity contribution in [3.05, 3.63) is 11.5 Å². The van der Waals surface area contributed by atoms with Crippen LogP contribution in [-0.4, -0.2) is 14.2 Å². The molecule has 0 bridgehead atoms. The minimum Gasteiger partial charge on any atom is -0.224 e. The van der Waals surface area contributed by atoms with E-state index in [1.807, 2.05) is 13.8 Å². The maximum Gasteiger partial charge on any atom is 0.172 e. The summed E-state index contributed by atoms with van der Waals surface area (Å²) >= 11 is 0. The maximum atomic E-state index is 11.1. The minimum atomic E-state index is -3.14. The SMILES string of the molecule is CC(C)CCS(=O)(=O)C=CC#N. The summed E-state index contributed by atoms with van der Waals surface area (Å²) in [4.78, 5) is 0. The van der Waals surface area contributed by atoms with Gasteiger partial charge in [0.2, 0.25) is 0 Å². The lowest BCUT2D eigenvalue weighted by Gasteiger charge is -2.01. The normalized spacial score (nSPS) is 12.2. The van der Waals surface area contributed by atoms with Crippen LogP contribution in [0.1, 0.15) is 20.3 Å². The van der Waals surface area contributed by atoms with Crippen molar-refractivity contribution in [1.29, 1.82) is 5.26 Å². The molecule has 0 rings (SSSR count). The van der Waals surface area contributed by atoms with Gasteiger partial charge in [-0.05, 0) is 12.3 Å². The van der Waals surface area contributed by atoms with E-state index in [2.05, 4.69) is 0 Å². The number of allylic oxidation sites excluding steroid dienone is 1. The van der Waals surface area contributed by atoms with Gasteiger partial charge >= 0.3 is 0 Å². The van der Waals surface area contributed by atoms with Crippen LogP contribution in [0.4, 0.5) is 0 Å². The van der Waals surface area contributed by atoms with Gasteiger partial charge in [-0.25, -0.2) is 8.42 Å². The molecule has 4 heteroatoms. The van der Waals surface area contributed by atoms with Gasteiger partial charge in [0.15, 0.2) is 9.84 Å². The molecular weight excluding hydrogens is 174 g/mol. The second kappa shape index (κ2) is 4.94. The van der Waals surface area contributed by atoms with Crippen molar-refractivity contribution >= 4 is 9.84 Å². The van der Waals surface area contributed by atoms with Gasteiger partial charge in [0, 0.05) is 11.5 Å². The highest BCUT2D eigenvalue weighted by Crippen LogP contribution is 2.04. The molecule has 68 valence electrons. The Hall–Kier alpha value is -0.820. The minimum absolute atomic E-state index is 0.128. The Balaban J connectivity index is 4.09. The molecule has 0 saturated heterocycles. The molecule has 0 aromatic rings. The number of hydrogen-bond acceptors (Lipinski definition) is 3. The highest BCUT2D eigenvalue weighted by molar-refractivity contribution is 7.94.